The minimum atomic E-state index is -0.797. The highest BCUT2D eigenvalue weighted by molar-refractivity contribution is 7.13. The molecule has 0 saturated carbocycles. The van der Waals surface area contributed by atoms with Crippen LogP contribution in [0.1, 0.15) is 104 Å². The lowest BCUT2D eigenvalue weighted by Gasteiger charge is -2.31. The van der Waals surface area contributed by atoms with E-state index in [4.69, 9.17) is 4.74 Å². The Morgan fingerprint density at radius 1 is 1.05 bits per heavy atom. The first-order chi connectivity index (χ1) is 17.8. The molecule has 1 aromatic carbocycles. The van der Waals surface area contributed by atoms with Gasteiger partial charge in [0.15, 0.2) is 5.78 Å². The predicted octanol–water partition coefficient (Wildman–Crippen LogP) is 7.15. The highest BCUT2D eigenvalue weighted by Gasteiger charge is 2.26. The highest BCUT2D eigenvalue weighted by atomic mass is 32.1. The van der Waals surface area contributed by atoms with Crippen LogP contribution in [0.25, 0.3) is 0 Å². The second-order valence-electron chi connectivity index (χ2n) is 9.80. The molecular formula is C31H50N2O4S. The van der Waals surface area contributed by atoms with Crippen molar-refractivity contribution >= 4 is 28.9 Å². The fourth-order valence-electron chi connectivity index (χ4n) is 3.22. The van der Waals surface area contributed by atoms with E-state index in [9.17, 15) is 14.4 Å². The summed E-state index contributed by atoms with van der Waals surface area (Å²) in [5, 5.41) is 2.71. The van der Waals surface area contributed by atoms with Crippen molar-refractivity contribution in [3.05, 3.63) is 56.8 Å². The topological polar surface area (TPSA) is 75.7 Å². The van der Waals surface area contributed by atoms with Gasteiger partial charge in [0, 0.05) is 23.5 Å². The molecule has 0 spiro atoms. The molecule has 1 N–H and O–H groups in total. The Bertz CT molecular complexity index is 1010. The van der Waals surface area contributed by atoms with Crippen LogP contribution in [0.4, 0.5) is 0 Å². The molecule has 0 bridgehead atoms. The van der Waals surface area contributed by atoms with Crippen LogP contribution in [0.5, 0.6) is 0 Å². The first-order valence-corrected chi connectivity index (χ1v) is 14.5. The van der Waals surface area contributed by atoms with E-state index in [-0.39, 0.29) is 23.7 Å². The van der Waals surface area contributed by atoms with E-state index in [0.717, 1.165) is 16.0 Å². The number of nitrogens with zero attached hydrogens (tertiary/aromatic N) is 1. The van der Waals surface area contributed by atoms with Gasteiger partial charge in [0.05, 0.1) is 23.1 Å². The van der Waals surface area contributed by atoms with Gasteiger partial charge in [-0.2, -0.15) is 0 Å². The summed E-state index contributed by atoms with van der Waals surface area (Å²) < 4.78 is 5.45. The first kappa shape index (κ1) is 35.5. The number of hydrogen-bond donors (Lipinski definition) is 1. The molecule has 1 aliphatic rings. The molecule has 6 nitrogen and oxygen atoms in total. The van der Waals surface area contributed by atoms with E-state index >= 15 is 0 Å². The Labute approximate surface area is 235 Å². The van der Waals surface area contributed by atoms with E-state index < -0.39 is 5.54 Å². The Hall–Kier alpha value is -2.51. The van der Waals surface area contributed by atoms with Gasteiger partial charge in [-0.15, -0.1) is 11.3 Å². The number of thiophene rings is 1. The normalized spacial score (nSPS) is 14.5. The van der Waals surface area contributed by atoms with Gasteiger partial charge in [0.2, 0.25) is 0 Å². The van der Waals surface area contributed by atoms with E-state index in [1.807, 2.05) is 64.6 Å². The molecule has 1 aromatic heterocycles. The molecular weight excluding hydrogens is 496 g/mol. The van der Waals surface area contributed by atoms with Crippen molar-refractivity contribution < 1.29 is 19.1 Å². The molecule has 2 aromatic rings. The number of carbonyl (C=O) groups is 3. The van der Waals surface area contributed by atoms with E-state index in [2.05, 4.69) is 25.2 Å². The number of nitrogens with one attached hydrogen (secondary N) is 1. The Morgan fingerprint density at radius 3 is 2.11 bits per heavy atom. The number of benzene rings is 1. The maximum absolute atomic E-state index is 12.3. The third kappa shape index (κ3) is 12.4. The van der Waals surface area contributed by atoms with Gasteiger partial charge in [0.25, 0.3) is 11.8 Å². The predicted molar refractivity (Wildman–Crippen MR) is 160 cm³/mol. The minimum Gasteiger partial charge on any atom is -0.375 e. The number of hydrogen-bond acceptors (Lipinski definition) is 5. The second kappa shape index (κ2) is 17.9. The summed E-state index contributed by atoms with van der Waals surface area (Å²) in [7, 11) is 0. The largest absolute Gasteiger partial charge is 0.375 e. The molecule has 0 aliphatic carbocycles. The quantitative estimate of drug-likeness (QED) is 0.432. The lowest BCUT2D eigenvalue weighted by atomic mass is 10.0. The number of ketones is 1. The fourth-order valence-corrected chi connectivity index (χ4v) is 3.98. The van der Waals surface area contributed by atoms with E-state index in [0.29, 0.717) is 24.6 Å². The molecule has 1 aliphatic heterocycles. The van der Waals surface area contributed by atoms with E-state index in [1.165, 1.54) is 36.7 Å². The lowest BCUT2D eigenvalue weighted by molar-refractivity contribution is -0.121. The second-order valence-corrected chi connectivity index (χ2v) is 11.1. The SMILES string of the molecule is CC.CC(=O)C(C)(C)NC(=O)c1ccc(C)s1.CCCC.Cc1ccc(C(=O)N2CCOC(C)C2)c(C)c1. The van der Waals surface area contributed by atoms with Crippen molar-refractivity contribution in [1.82, 2.24) is 10.2 Å². The Morgan fingerprint density at radius 2 is 1.66 bits per heavy atom. The fraction of sp³-hybridized carbons (Fsp3) is 0.581. The minimum absolute atomic E-state index is 0.0517. The van der Waals surface area contributed by atoms with Crippen LogP contribution in [-0.4, -0.2) is 53.8 Å². The zero-order valence-electron chi connectivity index (χ0n) is 25.5. The molecule has 2 amide bonds. The van der Waals surface area contributed by atoms with Crippen molar-refractivity contribution in [3.63, 3.8) is 0 Å². The zero-order valence-corrected chi connectivity index (χ0v) is 26.3. The summed E-state index contributed by atoms with van der Waals surface area (Å²) in [5.74, 6) is -0.116. The number of morpholine rings is 1. The average Bonchev–Trinajstić information content (AvgIpc) is 3.31. The molecule has 214 valence electrons. The van der Waals surface area contributed by atoms with Crippen molar-refractivity contribution in [2.45, 2.75) is 101 Å². The average molecular weight is 547 g/mol. The molecule has 1 saturated heterocycles. The van der Waals surface area contributed by atoms with E-state index in [1.54, 1.807) is 19.9 Å². The third-order valence-corrected chi connectivity index (χ3v) is 6.91. The van der Waals surface area contributed by atoms with Crippen LogP contribution in [0, 0.1) is 20.8 Å². The smallest absolute Gasteiger partial charge is 0.262 e. The van der Waals surface area contributed by atoms with Crippen LogP contribution in [-0.2, 0) is 9.53 Å². The Balaban J connectivity index is 0.000000601. The summed E-state index contributed by atoms with van der Waals surface area (Å²) in [6.07, 6.45) is 2.78. The molecule has 1 fully saturated rings. The summed E-state index contributed by atoms with van der Waals surface area (Å²) in [4.78, 5) is 38.9. The molecule has 7 heteroatoms. The van der Waals surface area contributed by atoms with Crippen LogP contribution in [0.15, 0.2) is 30.3 Å². The summed E-state index contributed by atoms with van der Waals surface area (Å²) in [6, 6.07) is 9.63. The summed E-state index contributed by atoms with van der Waals surface area (Å²) in [5.41, 5.74) is 2.25. The van der Waals surface area contributed by atoms with Crippen molar-refractivity contribution in [2.24, 2.45) is 0 Å². The molecule has 38 heavy (non-hydrogen) atoms. The molecule has 2 heterocycles. The molecule has 1 atom stereocenters. The van der Waals surface area contributed by atoms with Crippen molar-refractivity contribution in [3.8, 4) is 0 Å². The number of ether oxygens (including phenoxy) is 1. The van der Waals surface area contributed by atoms with Crippen LogP contribution in [0.2, 0.25) is 0 Å². The van der Waals surface area contributed by atoms with Crippen molar-refractivity contribution in [1.29, 1.82) is 0 Å². The highest BCUT2D eigenvalue weighted by Crippen LogP contribution is 2.17. The number of amides is 2. The number of Topliss-reactive ketones (excluding diaryl/α,β-unsaturated/α-hetero) is 1. The maximum Gasteiger partial charge on any atom is 0.262 e. The number of unbranched alkanes of at least 4 members (excludes halogenated alkanes) is 1. The molecule has 3 rings (SSSR count). The van der Waals surface area contributed by atoms with Crippen LogP contribution < -0.4 is 5.32 Å². The van der Waals surface area contributed by atoms with Gasteiger partial charge >= 0.3 is 0 Å². The maximum atomic E-state index is 12.3. The lowest BCUT2D eigenvalue weighted by Crippen LogP contribution is -2.48. The standard InChI is InChI=1S/C14H19NO2.C11H15NO2S.C4H10.C2H6/c1-10-4-5-13(11(2)8-10)14(16)15-6-7-17-12(3)9-15;1-7-5-6-9(15-7)10(14)12-11(3,4)8(2)13;1-3-4-2;1-2/h4-5,8,12H,6-7,9H2,1-3H3;5-6H,1-4H3,(H,12,14);3-4H2,1-2H3;1-2H3. The monoisotopic (exact) mass is 546 g/mol. The van der Waals surface area contributed by atoms with Gasteiger partial charge in [-0.1, -0.05) is 58.2 Å². The van der Waals surface area contributed by atoms with Crippen LogP contribution >= 0.6 is 11.3 Å². The van der Waals surface area contributed by atoms with Crippen LogP contribution in [0.3, 0.4) is 0 Å². The molecule has 0 radical (unpaired) electrons. The van der Waals surface area contributed by atoms with Gasteiger partial charge in [0.1, 0.15) is 0 Å². The van der Waals surface area contributed by atoms with Gasteiger partial charge < -0.3 is 15.0 Å². The molecule has 1 unspecified atom stereocenters. The first-order valence-electron chi connectivity index (χ1n) is 13.7. The number of aryl methyl sites for hydroxylation is 3. The number of carbonyl (C=O) groups excluding carboxylic acids is 3. The third-order valence-electron chi connectivity index (χ3n) is 5.91. The van der Waals surface area contributed by atoms with Crippen molar-refractivity contribution in [2.75, 3.05) is 19.7 Å². The summed E-state index contributed by atoms with van der Waals surface area (Å²) in [6.45, 7) is 23.2. The summed E-state index contributed by atoms with van der Waals surface area (Å²) >= 11 is 1.42. The van der Waals surface area contributed by atoms with Gasteiger partial charge in [-0.25, -0.2) is 0 Å². The Kier molecular flexibility index (Phi) is 16.7. The zero-order chi connectivity index (χ0) is 29.5. The van der Waals surface area contributed by atoms with Gasteiger partial charge in [-0.05, 0) is 72.2 Å². The van der Waals surface area contributed by atoms with Gasteiger partial charge in [-0.3, -0.25) is 14.4 Å². The number of rotatable bonds is 5.